The molecule has 0 radical (unpaired) electrons. The quantitative estimate of drug-likeness (QED) is 0.904. The van der Waals surface area contributed by atoms with Crippen LogP contribution >= 0.6 is 23.1 Å². The molecule has 3 rings (SSSR count). The molecule has 0 aromatic carbocycles. The lowest BCUT2D eigenvalue weighted by Crippen LogP contribution is -2.26. The van der Waals surface area contributed by atoms with Gasteiger partial charge in [-0.15, -0.1) is 0 Å². The second-order valence-electron chi connectivity index (χ2n) is 4.23. The van der Waals surface area contributed by atoms with Gasteiger partial charge in [-0.2, -0.15) is 28.1 Å². The van der Waals surface area contributed by atoms with Crippen molar-refractivity contribution in [3.63, 3.8) is 0 Å². The van der Waals surface area contributed by atoms with Crippen molar-refractivity contribution < 1.29 is 4.52 Å². The van der Waals surface area contributed by atoms with Crippen LogP contribution in [0.5, 0.6) is 0 Å². The molecule has 0 bridgehead atoms. The third-order valence-corrected chi connectivity index (χ3v) is 5.06. The highest BCUT2D eigenvalue weighted by molar-refractivity contribution is 7.99. The first-order chi connectivity index (χ1) is 8.25. The van der Waals surface area contributed by atoms with Crippen molar-refractivity contribution >= 4 is 23.1 Å². The van der Waals surface area contributed by atoms with Crippen LogP contribution in [0.1, 0.15) is 17.4 Å². The average molecular weight is 267 g/mol. The molecule has 0 aliphatic carbocycles. The number of rotatable bonds is 2. The van der Waals surface area contributed by atoms with E-state index in [4.69, 9.17) is 10.3 Å². The number of aromatic nitrogens is 2. The Morgan fingerprint density at radius 1 is 1.41 bits per heavy atom. The summed E-state index contributed by atoms with van der Waals surface area (Å²) in [5.74, 6) is 3.52. The third-order valence-electron chi connectivity index (χ3n) is 2.98. The molecule has 0 amide bonds. The summed E-state index contributed by atoms with van der Waals surface area (Å²) in [4.78, 5) is 4.48. The Morgan fingerprint density at radius 2 is 2.29 bits per heavy atom. The molecular formula is C11H13N3OS2. The van der Waals surface area contributed by atoms with Gasteiger partial charge in [0.1, 0.15) is 0 Å². The van der Waals surface area contributed by atoms with Gasteiger partial charge in [-0.05, 0) is 17.9 Å². The first-order valence-corrected chi connectivity index (χ1v) is 7.55. The lowest BCUT2D eigenvalue weighted by atomic mass is 10.1. The van der Waals surface area contributed by atoms with Crippen LogP contribution in [-0.2, 0) is 0 Å². The fourth-order valence-electron chi connectivity index (χ4n) is 1.91. The van der Waals surface area contributed by atoms with Crippen molar-refractivity contribution in [2.24, 2.45) is 5.73 Å². The molecule has 0 saturated carbocycles. The maximum atomic E-state index is 6.02. The SMILES string of the molecule is Cc1cscc1-c1noc(C2CSCC2N)n1. The largest absolute Gasteiger partial charge is 0.339 e. The first-order valence-electron chi connectivity index (χ1n) is 5.46. The monoisotopic (exact) mass is 267 g/mol. The van der Waals surface area contributed by atoms with E-state index in [2.05, 4.69) is 22.4 Å². The summed E-state index contributed by atoms with van der Waals surface area (Å²) in [5.41, 5.74) is 8.27. The van der Waals surface area contributed by atoms with Crippen LogP contribution in [0.25, 0.3) is 11.4 Å². The minimum atomic E-state index is 0.136. The van der Waals surface area contributed by atoms with E-state index in [0.717, 1.165) is 17.1 Å². The molecular weight excluding hydrogens is 254 g/mol. The standard InChI is InChI=1S/C11H13N3OS2/c1-6-2-16-3-7(6)10-13-11(15-14-10)8-4-17-5-9(8)12/h2-3,8-9H,4-5,12H2,1H3. The normalized spacial score (nSPS) is 24.4. The Balaban J connectivity index is 1.90. The lowest BCUT2D eigenvalue weighted by Gasteiger charge is -2.07. The molecule has 2 aromatic rings. The van der Waals surface area contributed by atoms with E-state index in [1.807, 2.05) is 17.1 Å². The Kier molecular flexibility index (Phi) is 2.94. The summed E-state index contributed by atoms with van der Waals surface area (Å²) in [6.07, 6.45) is 0. The highest BCUT2D eigenvalue weighted by atomic mass is 32.2. The van der Waals surface area contributed by atoms with Crippen molar-refractivity contribution in [2.45, 2.75) is 18.9 Å². The summed E-state index contributed by atoms with van der Waals surface area (Å²) in [5, 5.41) is 8.19. The van der Waals surface area contributed by atoms with Crippen LogP contribution in [0, 0.1) is 6.92 Å². The molecule has 1 aliphatic heterocycles. The van der Waals surface area contributed by atoms with Gasteiger partial charge in [-0.1, -0.05) is 5.16 Å². The molecule has 17 heavy (non-hydrogen) atoms. The molecule has 6 heteroatoms. The molecule has 2 N–H and O–H groups in total. The maximum Gasteiger partial charge on any atom is 0.232 e. The molecule has 1 aliphatic rings. The van der Waals surface area contributed by atoms with E-state index < -0.39 is 0 Å². The number of aryl methyl sites for hydroxylation is 1. The fourth-order valence-corrected chi connectivity index (χ4v) is 4.02. The van der Waals surface area contributed by atoms with Crippen molar-refractivity contribution in [3.05, 3.63) is 22.2 Å². The van der Waals surface area contributed by atoms with Gasteiger partial charge in [0.15, 0.2) is 0 Å². The molecule has 1 fully saturated rings. The summed E-state index contributed by atoms with van der Waals surface area (Å²) < 4.78 is 5.35. The van der Waals surface area contributed by atoms with Gasteiger partial charge >= 0.3 is 0 Å². The number of nitrogens with zero attached hydrogens (tertiary/aromatic N) is 2. The maximum absolute atomic E-state index is 6.02. The summed E-state index contributed by atoms with van der Waals surface area (Å²) >= 11 is 3.50. The summed E-state index contributed by atoms with van der Waals surface area (Å²) in [6.45, 7) is 2.05. The van der Waals surface area contributed by atoms with Crippen molar-refractivity contribution in [2.75, 3.05) is 11.5 Å². The minimum absolute atomic E-state index is 0.136. The van der Waals surface area contributed by atoms with Gasteiger partial charge < -0.3 is 10.3 Å². The number of hydrogen-bond donors (Lipinski definition) is 1. The zero-order valence-corrected chi connectivity index (χ0v) is 11.1. The van der Waals surface area contributed by atoms with Crippen LogP contribution in [0.3, 0.4) is 0 Å². The third kappa shape index (κ3) is 2.00. The predicted molar refractivity (Wildman–Crippen MR) is 70.4 cm³/mol. The van der Waals surface area contributed by atoms with Gasteiger partial charge in [-0.3, -0.25) is 0 Å². The van der Waals surface area contributed by atoms with Crippen molar-refractivity contribution in [3.8, 4) is 11.4 Å². The highest BCUT2D eigenvalue weighted by Crippen LogP contribution is 2.32. The van der Waals surface area contributed by atoms with E-state index >= 15 is 0 Å². The minimum Gasteiger partial charge on any atom is -0.339 e. The van der Waals surface area contributed by atoms with Crippen LogP contribution in [0.4, 0.5) is 0 Å². The molecule has 90 valence electrons. The molecule has 4 nitrogen and oxygen atoms in total. The molecule has 0 spiro atoms. The topological polar surface area (TPSA) is 64.9 Å². The fraction of sp³-hybridized carbons (Fsp3) is 0.455. The predicted octanol–water partition coefficient (Wildman–Crippen LogP) is 2.26. The van der Waals surface area contributed by atoms with Gasteiger partial charge in [-0.25, -0.2) is 0 Å². The molecule has 2 atom stereocenters. The highest BCUT2D eigenvalue weighted by Gasteiger charge is 2.31. The Hall–Kier alpha value is -0.850. The van der Waals surface area contributed by atoms with Crippen LogP contribution in [0.15, 0.2) is 15.3 Å². The van der Waals surface area contributed by atoms with E-state index in [0.29, 0.717) is 11.7 Å². The summed E-state index contributed by atoms with van der Waals surface area (Å²) in [6, 6.07) is 0.136. The number of thiophene rings is 1. The molecule has 3 heterocycles. The second kappa shape index (κ2) is 4.44. The van der Waals surface area contributed by atoms with Gasteiger partial charge in [0.05, 0.1) is 5.92 Å². The average Bonchev–Trinajstić information content (AvgIpc) is 2.97. The van der Waals surface area contributed by atoms with E-state index in [1.165, 1.54) is 5.56 Å². The number of hydrogen-bond acceptors (Lipinski definition) is 6. The van der Waals surface area contributed by atoms with E-state index in [1.54, 1.807) is 11.3 Å². The lowest BCUT2D eigenvalue weighted by molar-refractivity contribution is 0.352. The zero-order chi connectivity index (χ0) is 11.8. The Morgan fingerprint density at radius 3 is 2.94 bits per heavy atom. The first kappa shape index (κ1) is 11.3. The van der Waals surface area contributed by atoms with Crippen molar-refractivity contribution in [1.29, 1.82) is 0 Å². The van der Waals surface area contributed by atoms with E-state index in [-0.39, 0.29) is 12.0 Å². The number of thioether (sulfide) groups is 1. The molecule has 2 aromatic heterocycles. The zero-order valence-electron chi connectivity index (χ0n) is 9.42. The smallest absolute Gasteiger partial charge is 0.232 e. The van der Waals surface area contributed by atoms with Crippen molar-refractivity contribution in [1.82, 2.24) is 10.1 Å². The summed E-state index contributed by atoms with van der Waals surface area (Å²) in [7, 11) is 0. The molecule has 2 unspecified atom stereocenters. The number of nitrogens with two attached hydrogens (primary N) is 1. The molecule has 1 saturated heterocycles. The second-order valence-corrected chi connectivity index (χ2v) is 6.05. The Labute approximate surface area is 108 Å². The van der Waals surface area contributed by atoms with Crippen LogP contribution < -0.4 is 5.73 Å². The van der Waals surface area contributed by atoms with Gasteiger partial charge in [0, 0.05) is 28.5 Å². The van der Waals surface area contributed by atoms with Gasteiger partial charge in [0.2, 0.25) is 11.7 Å². The van der Waals surface area contributed by atoms with Gasteiger partial charge in [0.25, 0.3) is 0 Å². The van der Waals surface area contributed by atoms with Crippen LogP contribution in [-0.4, -0.2) is 27.7 Å². The Bertz CT molecular complexity index is 522. The van der Waals surface area contributed by atoms with Crippen LogP contribution in [0.2, 0.25) is 0 Å². The van der Waals surface area contributed by atoms with E-state index in [9.17, 15) is 0 Å².